The van der Waals surface area contributed by atoms with Crippen molar-refractivity contribution in [2.24, 2.45) is 0 Å². The number of aliphatic hydroxyl groups is 1. The van der Waals surface area contributed by atoms with Crippen molar-refractivity contribution in [1.29, 1.82) is 0 Å². The maximum absolute atomic E-state index is 12.1. The summed E-state index contributed by atoms with van der Waals surface area (Å²) in [6.45, 7) is 3.49. The first-order chi connectivity index (χ1) is 8.40. The van der Waals surface area contributed by atoms with Crippen LogP contribution in [0.4, 0.5) is 0 Å². The molecule has 104 valence electrons. The summed E-state index contributed by atoms with van der Waals surface area (Å²) >= 11 is 4.70. The highest BCUT2D eigenvalue weighted by atomic mass is 79.9. The molecular weight excluding hydrogens is 342 g/mol. The normalized spacial score (nSPS) is 13.8. The van der Waals surface area contributed by atoms with Crippen molar-refractivity contribution in [3.8, 4) is 0 Å². The van der Waals surface area contributed by atoms with E-state index in [1.807, 2.05) is 6.92 Å². The Kier molecular flexibility index (Phi) is 6.19. The fourth-order valence-electron chi connectivity index (χ4n) is 1.32. The molecule has 1 atom stereocenters. The second kappa shape index (κ2) is 6.95. The lowest BCUT2D eigenvalue weighted by atomic mass is 10.4. The number of furan rings is 1. The molecule has 0 aromatic carbocycles. The van der Waals surface area contributed by atoms with Crippen molar-refractivity contribution in [3.63, 3.8) is 0 Å². The molecule has 1 unspecified atom stereocenters. The van der Waals surface area contributed by atoms with Gasteiger partial charge >= 0.3 is 0 Å². The second-order valence-electron chi connectivity index (χ2n) is 3.69. The Bertz CT molecular complexity index is 486. The molecule has 0 fully saturated rings. The van der Waals surface area contributed by atoms with E-state index in [0.29, 0.717) is 5.75 Å². The van der Waals surface area contributed by atoms with Gasteiger partial charge in [0.1, 0.15) is 17.3 Å². The minimum atomic E-state index is -3.62. The van der Waals surface area contributed by atoms with Gasteiger partial charge in [-0.15, -0.1) is 0 Å². The monoisotopic (exact) mass is 357 g/mol. The summed E-state index contributed by atoms with van der Waals surface area (Å²) in [5.41, 5.74) is 0. The van der Waals surface area contributed by atoms with Crippen molar-refractivity contribution in [2.75, 3.05) is 11.5 Å². The van der Waals surface area contributed by atoms with Gasteiger partial charge < -0.3 is 9.52 Å². The molecule has 18 heavy (non-hydrogen) atoms. The van der Waals surface area contributed by atoms with Crippen LogP contribution in [0.25, 0.3) is 0 Å². The third-order valence-corrected chi connectivity index (χ3v) is 5.67. The van der Waals surface area contributed by atoms with Crippen LogP contribution in [-0.2, 0) is 16.6 Å². The summed E-state index contributed by atoms with van der Waals surface area (Å²) in [5, 5.41) is 8.91. The number of hydrogen-bond donors (Lipinski definition) is 2. The quantitative estimate of drug-likeness (QED) is 0.779. The van der Waals surface area contributed by atoms with Crippen LogP contribution in [0.3, 0.4) is 0 Å². The summed E-state index contributed by atoms with van der Waals surface area (Å²) < 4.78 is 31.9. The zero-order valence-corrected chi connectivity index (χ0v) is 13.4. The average molecular weight is 358 g/mol. The fourth-order valence-corrected chi connectivity index (χ4v) is 4.34. The maximum atomic E-state index is 12.1. The smallest absolute Gasteiger partial charge is 0.245 e. The van der Waals surface area contributed by atoms with Crippen LogP contribution in [0.15, 0.2) is 20.0 Å². The Morgan fingerprint density at radius 1 is 1.61 bits per heavy atom. The number of halogens is 1. The molecular formula is C10H16BrNO4S2. The molecule has 0 saturated carbocycles. The molecule has 0 amide bonds. The van der Waals surface area contributed by atoms with E-state index >= 15 is 0 Å². The van der Waals surface area contributed by atoms with Gasteiger partial charge in [-0.3, -0.25) is 0 Å². The van der Waals surface area contributed by atoms with E-state index in [0.717, 1.165) is 5.75 Å². The van der Waals surface area contributed by atoms with Gasteiger partial charge in [0.25, 0.3) is 0 Å². The van der Waals surface area contributed by atoms with E-state index in [-0.39, 0.29) is 28.0 Å². The van der Waals surface area contributed by atoms with E-state index in [4.69, 9.17) is 9.52 Å². The van der Waals surface area contributed by atoms with Gasteiger partial charge in [0.2, 0.25) is 10.0 Å². The first-order valence-corrected chi connectivity index (χ1v) is 8.83. The average Bonchev–Trinajstić information content (AvgIpc) is 2.68. The second-order valence-corrected chi connectivity index (χ2v) is 7.41. The molecule has 8 heteroatoms. The summed E-state index contributed by atoms with van der Waals surface area (Å²) in [6.07, 6.45) is 0. The van der Waals surface area contributed by atoms with Crippen molar-refractivity contribution in [1.82, 2.24) is 4.72 Å². The molecule has 0 bridgehead atoms. The summed E-state index contributed by atoms with van der Waals surface area (Å²) in [4.78, 5) is 0.0138. The van der Waals surface area contributed by atoms with Gasteiger partial charge in [-0.25, -0.2) is 13.1 Å². The fraction of sp³-hybridized carbons (Fsp3) is 0.600. The zero-order chi connectivity index (χ0) is 13.8. The molecule has 0 saturated heterocycles. The molecule has 0 spiro atoms. The molecule has 5 nitrogen and oxygen atoms in total. The molecule has 0 aliphatic rings. The van der Waals surface area contributed by atoms with Crippen LogP contribution in [-0.4, -0.2) is 31.1 Å². The highest BCUT2D eigenvalue weighted by molar-refractivity contribution is 9.10. The van der Waals surface area contributed by atoms with Crippen molar-refractivity contribution in [2.45, 2.75) is 31.4 Å². The number of nitrogens with one attached hydrogen (secondary N) is 1. The van der Waals surface area contributed by atoms with Crippen LogP contribution >= 0.6 is 27.7 Å². The van der Waals surface area contributed by atoms with E-state index in [9.17, 15) is 8.42 Å². The maximum Gasteiger partial charge on any atom is 0.245 e. The summed E-state index contributed by atoms with van der Waals surface area (Å²) in [6, 6.07) is 1.14. The largest absolute Gasteiger partial charge is 0.450 e. The van der Waals surface area contributed by atoms with E-state index < -0.39 is 10.0 Å². The van der Waals surface area contributed by atoms with Gasteiger partial charge in [-0.05, 0) is 28.6 Å². The van der Waals surface area contributed by atoms with Gasteiger partial charge in [-0.1, -0.05) is 6.92 Å². The molecule has 0 radical (unpaired) electrons. The van der Waals surface area contributed by atoms with Crippen LogP contribution in [0.2, 0.25) is 0 Å². The van der Waals surface area contributed by atoms with Crippen molar-refractivity contribution < 1.29 is 17.9 Å². The molecule has 1 rings (SSSR count). The predicted octanol–water partition coefficient (Wildman–Crippen LogP) is 1.95. The van der Waals surface area contributed by atoms with Crippen LogP contribution in [0.1, 0.15) is 19.6 Å². The van der Waals surface area contributed by atoms with Crippen LogP contribution < -0.4 is 4.72 Å². The van der Waals surface area contributed by atoms with Gasteiger partial charge in [0.05, 0.1) is 0 Å². The lowest BCUT2D eigenvalue weighted by molar-refractivity contribution is 0.245. The van der Waals surface area contributed by atoms with Gasteiger partial charge in [0, 0.05) is 17.9 Å². The molecule has 2 N–H and O–H groups in total. The Balaban J connectivity index is 2.82. The summed E-state index contributed by atoms with van der Waals surface area (Å²) in [5.74, 6) is 1.85. The predicted molar refractivity (Wildman–Crippen MR) is 75.1 cm³/mol. The molecule has 1 heterocycles. The molecule has 0 aliphatic carbocycles. The standard InChI is InChI=1S/C10H16BrNO4S2/c1-3-17-6-7(2)12-18(14,15)9-4-8(5-13)16-10(9)11/h4,7,12-13H,3,5-6H2,1-2H3. The number of rotatable bonds is 7. The number of thioether (sulfide) groups is 1. The van der Waals surface area contributed by atoms with Crippen LogP contribution in [0.5, 0.6) is 0 Å². The lowest BCUT2D eigenvalue weighted by Gasteiger charge is -2.12. The third-order valence-electron chi connectivity index (χ3n) is 2.08. The van der Waals surface area contributed by atoms with E-state index in [1.54, 1.807) is 18.7 Å². The Morgan fingerprint density at radius 3 is 2.78 bits per heavy atom. The molecule has 1 aromatic heterocycles. The number of sulfonamides is 1. The van der Waals surface area contributed by atoms with Crippen molar-refractivity contribution >= 4 is 37.7 Å². The van der Waals surface area contributed by atoms with Crippen molar-refractivity contribution in [3.05, 3.63) is 16.5 Å². The number of aliphatic hydroxyl groups excluding tert-OH is 1. The van der Waals surface area contributed by atoms with Gasteiger partial charge in [0.15, 0.2) is 4.67 Å². The lowest BCUT2D eigenvalue weighted by Crippen LogP contribution is -2.34. The molecule has 1 aromatic rings. The SMILES string of the molecule is CCSCC(C)NS(=O)(=O)c1cc(CO)oc1Br. The number of hydrogen-bond acceptors (Lipinski definition) is 5. The van der Waals surface area contributed by atoms with Gasteiger partial charge in [-0.2, -0.15) is 11.8 Å². The first kappa shape index (κ1) is 16.0. The van der Waals surface area contributed by atoms with Crippen LogP contribution in [0, 0.1) is 0 Å². The minimum absolute atomic E-state index is 0.0138. The van der Waals surface area contributed by atoms with E-state index in [1.165, 1.54) is 6.07 Å². The first-order valence-electron chi connectivity index (χ1n) is 5.39. The Hall–Kier alpha value is -0.0200. The highest BCUT2D eigenvalue weighted by Crippen LogP contribution is 2.26. The highest BCUT2D eigenvalue weighted by Gasteiger charge is 2.23. The zero-order valence-electron chi connectivity index (χ0n) is 10.1. The topological polar surface area (TPSA) is 79.5 Å². The Labute approximate surface area is 120 Å². The summed E-state index contributed by atoms with van der Waals surface area (Å²) in [7, 11) is -3.62. The molecule has 0 aliphatic heterocycles. The third kappa shape index (κ3) is 4.27. The Morgan fingerprint density at radius 2 is 2.28 bits per heavy atom. The van der Waals surface area contributed by atoms with E-state index in [2.05, 4.69) is 20.7 Å². The minimum Gasteiger partial charge on any atom is -0.450 e.